The number of benzene rings is 2. The highest BCUT2D eigenvalue weighted by Crippen LogP contribution is 2.17. The fourth-order valence-electron chi connectivity index (χ4n) is 2.05. The molecule has 0 aliphatic heterocycles. The van der Waals surface area contributed by atoms with Gasteiger partial charge in [-0.2, -0.15) is 0 Å². The zero-order chi connectivity index (χ0) is 13.7. The summed E-state index contributed by atoms with van der Waals surface area (Å²) in [7, 11) is 0. The molecule has 1 atom stereocenters. The molecule has 0 aliphatic carbocycles. The van der Waals surface area contributed by atoms with E-state index >= 15 is 0 Å². The van der Waals surface area contributed by atoms with Crippen LogP contribution in [0.2, 0.25) is 5.02 Å². The summed E-state index contributed by atoms with van der Waals surface area (Å²) in [5.41, 5.74) is 2.04. The molecule has 0 radical (unpaired) electrons. The van der Waals surface area contributed by atoms with Crippen LogP contribution >= 0.6 is 11.6 Å². The number of halogens is 1. The molecule has 0 saturated carbocycles. The van der Waals surface area contributed by atoms with Crippen LogP contribution in [-0.4, -0.2) is 11.1 Å². The first-order chi connectivity index (χ1) is 9.15. The SMILES string of the molecule is O=C(O)[C@H](Cc1ccccc1)Cc1ccc(Cl)cc1. The molecule has 0 saturated heterocycles. The lowest BCUT2D eigenvalue weighted by Crippen LogP contribution is -2.19. The van der Waals surface area contributed by atoms with Crippen LogP contribution in [0.1, 0.15) is 11.1 Å². The van der Waals surface area contributed by atoms with E-state index in [0.717, 1.165) is 11.1 Å². The molecule has 0 heterocycles. The minimum Gasteiger partial charge on any atom is -0.481 e. The molecule has 0 amide bonds. The third kappa shape index (κ3) is 4.11. The maximum atomic E-state index is 11.3. The van der Waals surface area contributed by atoms with E-state index in [9.17, 15) is 9.90 Å². The quantitative estimate of drug-likeness (QED) is 0.900. The van der Waals surface area contributed by atoms with Crippen LogP contribution in [0.25, 0.3) is 0 Å². The van der Waals surface area contributed by atoms with Crippen molar-refractivity contribution in [1.29, 1.82) is 0 Å². The molecular weight excluding hydrogens is 260 g/mol. The molecular formula is C16H15ClO2. The molecule has 1 N–H and O–H groups in total. The first kappa shape index (κ1) is 13.6. The molecule has 0 spiro atoms. The Bertz CT molecular complexity index is 534. The van der Waals surface area contributed by atoms with Crippen molar-refractivity contribution in [2.45, 2.75) is 12.8 Å². The zero-order valence-electron chi connectivity index (χ0n) is 10.4. The van der Waals surface area contributed by atoms with Gasteiger partial charge in [-0.15, -0.1) is 0 Å². The first-order valence-corrected chi connectivity index (χ1v) is 6.54. The van der Waals surface area contributed by atoms with Gasteiger partial charge >= 0.3 is 5.97 Å². The van der Waals surface area contributed by atoms with Gasteiger partial charge in [0, 0.05) is 5.02 Å². The van der Waals surface area contributed by atoms with Gasteiger partial charge in [0.2, 0.25) is 0 Å². The predicted octanol–water partition coefficient (Wildman–Crippen LogP) is 3.83. The van der Waals surface area contributed by atoms with E-state index in [1.165, 1.54) is 0 Å². The van der Waals surface area contributed by atoms with E-state index in [2.05, 4.69) is 0 Å². The van der Waals surface area contributed by atoms with Crippen molar-refractivity contribution >= 4 is 17.6 Å². The van der Waals surface area contributed by atoms with Crippen molar-refractivity contribution in [3.63, 3.8) is 0 Å². The molecule has 98 valence electrons. The van der Waals surface area contributed by atoms with Crippen LogP contribution in [0.15, 0.2) is 54.6 Å². The molecule has 19 heavy (non-hydrogen) atoms. The second kappa shape index (κ2) is 6.39. The van der Waals surface area contributed by atoms with E-state index in [1.807, 2.05) is 42.5 Å². The minimum absolute atomic E-state index is 0.413. The number of hydrogen-bond acceptors (Lipinski definition) is 1. The van der Waals surface area contributed by atoms with Gasteiger partial charge in [0.1, 0.15) is 0 Å². The topological polar surface area (TPSA) is 37.3 Å². The van der Waals surface area contributed by atoms with Crippen molar-refractivity contribution in [2.75, 3.05) is 0 Å². The van der Waals surface area contributed by atoms with Gasteiger partial charge < -0.3 is 5.11 Å². The molecule has 2 aromatic carbocycles. The normalized spacial score (nSPS) is 12.1. The van der Waals surface area contributed by atoms with Crippen molar-refractivity contribution < 1.29 is 9.90 Å². The molecule has 2 aromatic rings. The number of rotatable bonds is 5. The Hall–Kier alpha value is -1.80. The van der Waals surface area contributed by atoms with E-state index < -0.39 is 11.9 Å². The maximum Gasteiger partial charge on any atom is 0.307 e. The Morgan fingerprint density at radius 2 is 1.47 bits per heavy atom. The molecule has 0 bridgehead atoms. The summed E-state index contributed by atoms with van der Waals surface area (Å²) < 4.78 is 0. The van der Waals surface area contributed by atoms with Gasteiger partial charge in [0.05, 0.1) is 5.92 Å². The molecule has 0 unspecified atom stereocenters. The monoisotopic (exact) mass is 274 g/mol. The summed E-state index contributed by atoms with van der Waals surface area (Å²) in [5.74, 6) is -1.18. The van der Waals surface area contributed by atoms with Crippen LogP contribution in [0.5, 0.6) is 0 Å². The van der Waals surface area contributed by atoms with Crippen molar-refractivity contribution in [3.05, 3.63) is 70.7 Å². The Morgan fingerprint density at radius 1 is 0.947 bits per heavy atom. The fraction of sp³-hybridized carbons (Fsp3) is 0.188. The lowest BCUT2D eigenvalue weighted by atomic mass is 9.93. The van der Waals surface area contributed by atoms with Crippen LogP contribution in [0.4, 0.5) is 0 Å². The highest BCUT2D eigenvalue weighted by Gasteiger charge is 2.18. The number of carbonyl (C=O) groups is 1. The van der Waals surface area contributed by atoms with Gasteiger partial charge in [0.25, 0.3) is 0 Å². The van der Waals surface area contributed by atoms with E-state index in [0.29, 0.717) is 17.9 Å². The second-order valence-electron chi connectivity index (χ2n) is 4.56. The Balaban J connectivity index is 2.08. The van der Waals surface area contributed by atoms with Crippen LogP contribution in [-0.2, 0) is 17.6 Å². The number of aliphatic carboxylic acids is 1. The van der Waals surface area contributed by atoms with E-state index in [1.54, 1.807) is 12.1 Å². The fourth-order valence-corrected chi connectivity index (χ4v) is 2.18. The Labute approximate surface area is 117 Å². The van der Waals surface area contributed by atoms with E-state index in [4.69, 9.17) is 11.6 Å². The summed E-state index contributed by atoms with van der Waals surface area (Å²) >= 11 is 5.82. The molecule has 3 heteroatoms. The lowest BCUT2D eigenvalue weighted by molar-refractivity contribution is -0.141. The van der Waals surface area contributed by atoms with Crippen LogP contribution < -0.4 is 0 Å². The summed E-state index contributed by atoms with van der Waals surface area (Å²) in [5, 5.41) is 9.99. The molecule has 2 nitrogen and oxygen atoms in total. The summed E-state index contributed by atoms with van der Waals surface area (Å²) in [4.78, 5) is 11.3. The third-order valence-electron chi connectivity index (χ3n) is 3.07. The van der Waals surface area contributed by atoms with Gasteiger partial charge in [0.15, 0.2) is 0 Å². The average molecular weight is 275 g/mol. The molecule has 0 aliphatic rings. The van der Waals surface area contributed by atoms with Gasteiger partial charge in [-0.05, 0) is 36.1 Å². The Morgan fingerprint density at radius 3 is 2.00 bits per heavy atom. The largest absolute Gasteiger partial charge is 0.481 e. The molecule has 0 fully saturated rings. The highest BCUT2D eigenvalue weighted by atomic mass is 35.5. The lowest BCUT2D eigenvalue weighted by Gasteiger charge is -2.12. The van der Waals surface area contributed by atoms with Crippen LogP contribution in [0, 0.1) is 5.92 Å². The minimum atomic E-state index is -0.765. The van der Waals surface area contributed by atoms with E-state index in [-0.39, 0.29) is 0 Å². The molecule has 0 aromatic heterocycles. The standard InChI is InChI=1S/C16H15ClO2/c17-15-8-6-13(7-9-15)11-14(16(18)19)10-12-4-2-1-3-5-12/h1-9,14H,10-11H2,(H,18,19)/t14-/m1/s1. The smallest absolute Gasteiger partial charge is 0.307 e. The van der Waals surface area contributed by atoms with Crippen LogP contribution in [0.3, 0.4) is 0 Å². The highest BCUT2D eigenvalue weighted by molar-refractivity contribution is 6.30. The van der Waals surface area contributed by atoms with Crippen molar-refractivity contribution in [1.82, 2.24) is 0 Å². The van der Waals surface area contributed by atoms with Crippen molar-refractivity contribution in [2.24, 2.45) is 5.92 Å². The number of hydrogen-bond donors (Lipinski definition) is 1. The summed E-state index contributed by atoms with van der Waals surface area (Å²) in [6, 6.07) is 17.0. The number of carboxylic acid groups (broad SMARTS) is 1. The Kier molecular flexibility index (Phi) is 4.58. The summed E-state index contributed by atoms with van der Waals surface area (Å²) in [6.07, 6.45) is 1.06. The summed E-state index contributed by atoms with van der Waals surface area (Å²) in [6.45, 7) is 0. The predicted molar refractivity (Wildman–Crippen MR) is 76.4 cm³/mol. The molecule has 2 rings (SSSR count). The van der Waals surface area contributed by atoms with Gasteiger partial charge in [-0.3, -0.25) is 4.79 Å². The number of carboxylic acids is 1. The third-order valence-corrected chi connectivity index (χ3v) is 3.32. The average Bonchev–Trinajstić information content (AvgIpc) is 2.41. The van der Waals surface area contributed by atoms with Gasteiger partial charge in [-0.1, -0.05) is 54.1 Å². The first-order valence-electron chi connectivity index (χ1n) is 6.16. The maximum absolute atomic E-state index is 11.3. The second-order valence-corrected chi connectivity index (χ2v) is 4.99. The van der Waals surface area contributed by atoms with Gasteiger partial charge in [-0.25, -0.2) is 0 Å². The zero-order valence-corrected chi connectivity index (χ0v) is 11.2. The van der Waals surface area contributed by atoms with Crippen molar-refractivity contribution in [3.8, 4) is 0 Å².